The molecule has 0 aliphatic carbocycles. The zero-order valence-electron chi connectivity index (χ0n) is 6.90. The van der Waals surface area contributed by atoms with Gasteiger partial charge in [0.1, 0.15) is 0 Å². The van der Waals surface area contributed by atoms with Crippen molar-refractivity contribution >= 4 is 29.5 Å². The number of thiocarbonyl (C=S) groups is 1. The Morgan fingerprint density at radius 1 is 1.38 bits per heavy atom. The van der Waals surface area contributed by atoms with Gasteiger partial charge in [-0.05, 0) is 11.6 Å². The van der Waals surface area contributed by atoms with Crippen LogP contribution in [0.5, 0.6) is 0 Å². The van der Waals surface area contributed by atoms with Crippen LogP contribution in [-0.2, 0) is 0 Å². The number of anilines is 1. The van der Waals surface area contributed by atoms with Crippen LogP contribution in [0, 0.1) is 0 Å². The highest BCUT2D eigenvalue weighted by atomic mass is 32.1. The Labute approximate surface area is 82.0 Å². The standard InChI is InChI=1S/C10H8N2S/c13-7-8-1-2-9-6-11-3-4-12-10(9)5-8/h1-7,12H. The Morgan fingerprint density at radius 2 is 2.31 bits per heavy atom. The average molecular weight is 188 g/mol. The van der Waals surface area contributed by atoms with Crippen molar-refractivity contribution in [1.82, 2.24) is 0 Å². The number of benzene rings is 1. The van der Waals surface area contributed by atoms with Gasteiger partial charge in [-0.2, -0.15) is 0 Å². The van der Waals surface area contributed by atoms with Crippen LogP contribution in [-0.4, -0.2) is 11.6 Å². The van der Waals surface area contributed by atoms with Crippen molar-refractivity contribution < 1.29 is 0 Å². The van der Waals surface area contributed by atoms with Crippen LogP contribution in [0.3, 0.4) is 0 Å². The quantitative estimate of drug-likeness (QED) is 0.684. The van der Waals surface area contributed by atoms with E-state index < -0.39 is 0 Å². The lowest BCUT2D eigenvalue weighted by molar-refractivity contribution is 1.55. The number of aliphatic imine (C=N–C) groups is 1. The number of hydrogen-bond donors (Lipinski definition) is 1. The van der Waals surface area contributed by atoms with Gasteiger partial charge in [0.25, 0.3) is 0 Å². The van der Waals surface area contributed by atoms with E-state index in [0.29, 0.717) is 0 Å². The third kappa shape index (κ3) is 1.65. The highest BCUT2D eigenvalue weighted by molar-refractivity contribution is 7.79. The molecule has 1 aromatic carbocycles. The van der Waals surface area contributed by atoms with E-state index in [0.717, 1.165) is 16.8 Å². The maximum atomic E-state index is 4.85. The Kier molecular flexibility index (Phi) is 2.19. The zero-order valence-corrected chi connectivity index (χ0v) is 7.71. The number of hydrogen-bond acceptors (Lipinski definition) is 3. The van der Waals surface area contributed by atoms with Crippen molar-refractivity contribution in [2.24, 2.45) is 4.99 Å². The lowest BCUT2D eigenvalue weighted by Gasteiger charge is -2.04. The minimum absolute atomic E-state index is 1.03. The topological polar surface area (TPSA) is 24.4 Å². The first-order valence-electron chi connectivity index (χ1n) is 3.94. The van der Waals surface area contributed by atoms with Crippen molar-refractivity contribution in [3.8, 4) is 0 Å². The van der Waals surface area contributed by atoms with E-state index in [1.807, 2.05) is 24.4 Å². The molecule has 1 heterocycles. The van der Waals surface area contributed by atoms with Gasteiger partial charge in [-0.1, -0.05) is 24.4 Å². The number of nitrogens with zero attached hydrogens (tertiary/aromatic N) is 1. The SMILES string of the molecule is S=Cc1ccc2c(c1)NC=CN=C2. The molecule has 64 valence electrons. The van der Waals surface area contributed by atoms with E-state index in [9.17, 15) is 0 Å². The van der Waals surface area contributed by atoms with E-state index in [2.05, 4.69) is 10.3 Å². The fourth-order valence-corrected chi connectivity index (χ4v) is 1.32. The summed E-state index contributed by atoms with van der Waals surface area (Å²) in [6.45, 7) is 0. The number of nitrogens with one attached hydrogen (secondary N) is 1. The number of rotatable bonds is 1. The smallest absolute Gasteiger partial charge is 0.0475 e. The van der Waals surface area contributed by atoms with Gasteiger partial charge in [0.2, 0.25) is 0 Å². The molecule has 2 rings (SSSR count). The van der Waals surface area contributed by atoms with Crippen molar-refractivity contribution in [3.05, 3.63) is 41.7 Å². The van der Waals surface area contributed by atoms with Gasteiger partial charge in [0.15, 0.2) is 0 Å². The minimum atomic E-state index is 1.03. The summed E-state index contributed by atoms with van der Waals surface area (Å²) < 4.78 is 0. The molecule has 0 amide bonds. The highest BCUT2D eigenvalue weighted by Gasteiger charge is 2.00. The Morgan fingerprint density at radius 3 is 3.15 bits per heavy atom. The molecule has 0 fully saturated rings. The second-order valence-electron chi connectivity index (χ2n) is 2.70. The Hall–Kier alpha value is -1.48. The summed E-state index contributed by atoms with van der Waals surface area (Å²) in [5.74, 6) is 0. The summed E-state index contributed by atoms with van der Waals surface area (Å²) in [7, 11) is 0. The first-order chi connectivity index (χ1) is 6.40. The second-order valence-corrected chi connectivity index (χ2v) is 2.94. The number of fused-ring (bicyclic) bond motifs is 1. The maximum Gasteiger partial charge on any atom is 0.0475 e. The van der Waals surface area contributed by atoms with Crippen LogP contribution in [0.1, 0.15) is 11.1 Å². The summed E-state index contributed by atoms with van der Waals surface area (Å²) in [6, 6.07) is 5.98. The molecule has 1 aromatic rings. The van der Waals surface area contributed by atoms with E-state index in [1.54, 1.807) is 17.8 Å². The second kappa shape index (κ2) is 3.49. The molecule has 1 aliphatic rings. The molecule has 0 saturated heterocycles. The predicted molar refractivity (Wildman–Crippen MR) is 59.6 cm³/mol. The largest absolute Gasteiger partial charge is 0.360 e. The first kappa shape index (κ1) is 8.13. The molecule has 1 aliphatic heterocycles. The molecule has 0 spiro atoms. The van der Waals surface area contributed by atoms with Crippen LogP contribution in [0.2, 0.25) is 0 Å². The minimum Gasteiger partial charge on any atom is -0.360 e. The van der Waals surface area contributed by atoms with Crippen LogP contribution >= 0.6 is 12.2 Å². The summed E-state index contributed by atoms with van der Waals surface area (Å²) in [6.07, 6.45) is 5.34. The monoisotopic (exact) mass is 188 g/mol. The van der Waals surface area contributed by atoms with Gasteiger partial charge < -0.3 is 5.32 Å². The molecule has 0 bridgehead atoms. The first-order valence-corrected chi connectivity index (χ1v) is 4.41. The van der Waals surface area contributed by atoms with Crippen molar-refractivity contribution in [2.45, 2.75) is 0 Å². The lowest BCUT2D eigenvalue weighted by atomic mass is 10.1. The normalized spacial score (nSPS) is 12.9. The highest BCUT2D eigenvalue weighted by Crippen LogP contribution is 2.16. The van der Waals surface area contributed by atoms with Gasteiger partial charge in [0, 0.05) is 35.2 Å². The van der Waals surface area contributed by atoms with Gasteiger partial charge in [0.05, 0.1) is 0 Å². The maximum absolute atomic E-state index is 4.85. The molecule has 3 heteroatoms. The van der Waals surface area contributed by atoms with E-state index >= 15 is 0 Å². The fourth-order valence-electron chi connectivity index (χ4n) is 1.18. The summed E-state index contributed by atoms with van der Waals surface area (Å²) in [5, 5.41) is 4.79. The Bertz CT molecular complexity index is 394. The summed E-state index contributed by atoms with van der Waals surface area (Å²) in [5.41, 5.74) is 3.15. The van der Waals surface area contributed by atoms with E-state index in [4.69, 9.17) is 12.2 Å². The molecule has 0 atom stereocenters. The molecule has 1 N–H and O–H groups in total. The van der Waals surface area contributed by atoms with Crippen LogP contribution < -0.4 is 5.32 Å². The van der Waals surface area contributed by atoms with Gasteiger partial charge in [-0.3, -0.25) is 4.99 Å². The molecule has 13 heavy (non-hydrogen) atoms. The van der Waals surface area contributed by atoms with E-state index in [-0.39, 0.29) is 0 Å². The van der Waals surface area contributed by atoms with Crippen LogP contribution in [0.25, 0.3) is 0 Å². The summed E-state index contributed by atoms with van der Waals surface area (Å²) >= 11 is 4.85. The third-order valence-electron chi connectivity index (χ3n) is 1.83. The molecule has 2 nitrogen and oxygen atoms in total. The van der Waals surface area contributed by atoms with E-state index in [1.165, 1.54) is 0 Å². The summed E-state index contributed by atoms with van der Waals surface area (Å²) in [4.78, 5) is 4.06. The van der Waals surface area contributed by atoms with Crippen molar-refractivity contribution in [1.29, 1.82) is 0 Å². The molecular formula is C10H8N2S. The van der Waals surface area contributed by atoms with Crippen LogP contribution in [0.15, 0.2) is 35.6 Å². The molecule has 0 saturated carbocycles. The third-order valence-corrected chi connectivity index (χ3v) is 2.10. The average Bonchev–Trinajstić information content (AvgIpc) is 2.41. The van der Waals surface area contributed by atoms with Gasteiger partial charge in [-0.15, -0.1) is 0 Å². The fraction of sp³-hybridized carbons (Fsp3) is 0. The van der Waals surface area contributed by atoms with Crippen LogP contribution in [0.4, 0.5) is 5.69 Å². The molecule has 0 aromatic heterocycles. The lowest BCUT2D eigenvalue weighted by Crippen LogP contribution is -1.93. The zero-order chi connectivity index (χ0) is 9.10. The van der Waals surface area contributed by atoms with Gasteiger partial charge in [-0.25, -0.2) is 0 Å². The van der Waals surface area contributed by atoms with Crippen molar-refractivity contribution in [2.75, 3.05) is 5.32 Å². The van der Waals surface area contributed by atoms with Gasteiger partial charge >= 0.3 is 0 Å². The Balaban J connectivity index is 2.51. The predicted octanol–water partition coefficient (Wildman–Crippen LogP) is 2.35. The molecule has 0 unspecified atom stereocenters. The molecule has 0 radical (unpaired) electrons. The molecular weight excluding hydrogens is 180 g/mol. The van der Waals surface area contributed by atoms with Crippen molar-refractivity contribution in [3.63, 3.8) is 0 Å².